The summed E-state index contributed by atoms with van der Waals surface area (Å²) in [5.74, 6) is -0.0232. The fourth-order valence-corrected chi connectivity index (χ4v) is 3.63. The Morgan fingerprint density at radius 3 is 2.48 bits per heavy atom. The Morgan fingerprint density at radius 2 is 1.91 bits per heavy atom. The third kappa shape index (κ3) is 4.56. The highest BCUT2D eigenvalue weighted by molar-refractivity contribution is 7.89. The van der Waals surface area contributed by atoms with Gasteiger partial charge in [-0.15, -0.1) is 0 Å². The monoisotopic (exact) mass is 356 g/mol. The first kappa shape index (κ1) is 18.0. The first-order chi connectivity index (χ1) is 10.8. The Kier molecular flexibility index (Phi) is 5.84. The van der Waals surface area contributed by atoms with E-state index in [1.807, 2.05) is 25.1 Å². The van der Waals surface area contributed by atoms with E-state index in [0.717, 1.165) is 11.1 Å². The third-order valence-electron chi connectivity index (χ3n) is 3.92. The lowest BCUT2D eigenvalue weighted by Gasteiger charge is -2.33. The molecule has 7 heteroatoms. The van der Waals surface area contributed by atoms with Crippen LogP contribution in [0.2, 0.25) is 5.02 Å². The topological polar surface area (TPSA) is 57.7 Å². The molecule has 0 unspecified atom stereocenters. The maximum atomic E-state index is 12.2. The molecule has 1 aliphatic rings. The van der Waals surface area contributed by atoms with E-state index in [2.05, 4.69) is 0 Å². The van der Waals surface area contributed by atoms with E-state index in [-0.39, 0.29) is 11.7 Å². The Balaban J connectivity index is 1.95. The molecule has 23 heavy (non-hydrogen) atoms. The van der Waals surface area contributed by atoms with Crippen LogP contribution in [0.3, 0.4) is 0 Å². The van der Waals surface area contributed by atoms with E-state index in [0.29, 0.717) is 31.2 Å². The first-order valence-electron chi connectivity index (χ1n) is 7.54. The summed E-state index contributed by atoms with van der Waals surface area (Å²) in [6, 6.07) is 5.62. The molecule has 5 nitrogen and oxygen atoms in total. The van der Waals surface area contributed by atoms with Gasteiger partial charge in [0.15, 0.2) is 0 Å². The predicted molar refractivity (Wildman–Crippen MR) is 92.8 cm³/mol. The molecule has 1 heterocycles. The fourth-order valence-electron chi connectivity index (χ4n) is 2.35. The van der Waals surface area contributed by atoms with Crippen molar-refractivity contribution in [3.8, 4) is 0 Å². The zero-order valence-corrected chi connectivity index (χ0v) is 14.9. The van der Waals surface area contributed by atoms with Gasteiger partial charge in [0.2, 0.25) is 15.9 Å². The van der Waals surface area contributed by atoms with Crippen LogP contribution in [0, 0.1) is 6.92 Å². The Bertz CT molecular complexity index is 708. The molecule has 0 bridgehead atoms. The third-order valence-corrected chi connectivity index (χ3v) is 6.21. The molecule has 0 aromatic heterocycles. The van der Waals surface area contributed by atoms with Crippen molar-refractivity contribution in [2.24, 2.45) is 0 Å². The highest BCUT2D eigenvalue weighted by atomic mass is 35.5. The van der Waals surface area contributed by atoms with Crippen molar-refractivity contribution in [3.63, 3.8) is 0 Å². The average Bonchev–Trinajstić information content (AvgIpc) is 2.55. The van der Waals surface area contributed by atoms with Gasteiger partial charge in [-0.25, -0.2) is 8.42 Å². The molecule has 1 amide bonds. The molecule has 0 aliphatic carbocycles. The van der Waals surface area contributed by atoms with Crippen molar-refractivity contribution >= 4 is 33.6 Å². The van der Waals surface area contributed by atoms with Crippen LogP contribution in [0.1, 0.15) is 18.1 Å². The van der Waals surface area contributed by atoms with Crippen LogP contribution < -0.4 is 0 Å². The average molecular weight is 357 g/mol. The predicted octanol–water partition coefficient (Wildman–Crippen LogP) is 2.16. The van der Waals surface area contributed by atoms with Crippen molar-refractivity contribution in [1.82, 2.24) is 9.21 Å². The molecule has 1 fully saturated rings. The number of carbonyl (C=O) groups is 1. The van der Waals surface area contributed by atoms with E-state index in [1.165, 1.54) is 10.4 Å². The maximum absolute atomic E-state index is 12.2. The first-order valence-corrected chi connectivity index (χ1v) is 9.53. The summed E-state index contributed by atoms with van der Waals surface area (Å²) in [4.78, 5) is 13.8. The van der Waals surface area contributed by atoms with E-state index >= 15 is 0 Å². The summed E-state index contributed by atoms with van der Waals surface area (Å²) in [5.41, 5.74) is 1.85. The molecule has 0 atom stereocenters. The van der Waals surface area contributed by atoms with E-state index < -0.39 is 10.0 Å². The maximum Gasteiger partial charge on any atom is 0.246 e. The van der Waals surface area contributed by atoms with Crippen molar-refractivity contribution in [1.29, 1.82) is 0 Å². The second-order valence-electron chi connectivity index (χ2n) is 5.47. The highest BCUT2D eigenvalue weighted by Crippen LogP contribution is 2.17. The molecule has 1 saturated heterocycles. The van der Waals surface area contributed by atoms with Gasteiger partial charge in [-0.3, -0.25) is 4.79 Å². The number of sulfonamides is 1. The van der Waals surface area contributed by atoms with Gasteiger partial charge in [-0.05, 0) is 37.1 Å². The quantitative estimate of drug-likeness (QED) is 0.777. The van der Waals surface area contributed by atoms with E-state index in [9.17, 15) is 13.2 Å². The number of benzene rings is 1. The molecule has 1 aromatic rings. The minimum Gasteiger partial charge on any atom is -0.337 e. The number of piperazine rings is 1. The number of carbonyl (C=O) groups excluding carboxylic acids is 1. The molecular weight excluding hydrogens is 336 g/mol. The van der Waals surface area contributed by atoms with Crippen LogP contribution in [-0.2, 0) is 14.8 Å². The number of rotatable bonds is 4. The van der Waals surface area contributed by atoms with Gasteiger partial charge in [0.1, 0.15) is 0 Å². The summed E-state index contributed by atoms with van der Waals surface area (Å²) in [7, 11) is -3.17. The second-order valence-corrected chi connectivity index (χ2v) is 8.13. The molecule has 0 spiro atoms. The SMILES string of the molecule is CCS(=O)(=O)N1CCN(C(=O)/C=C/c2ccc(C)c(Cl)c2)CC1. The minimum absolute atomic E-state index is 0.0923. The van der Waals surface area contributed by atoms with Crippen molar-refractivity contribution in [3.05, 3.63) is 40.4 Å². The number of aryl methyl sites for hydroxylation is 1. The van der Waals surface area contributed by atoms with Gasteiger partial charge in [0.05, 0.1) is 5.75 Å². The normalized spacial score (nSPS) is 16.9. The summed E-state index contributed by atoms with van der Waals surface area (Å²) in [5, 5.41) is 0.665. The Labute approximate surface area is 142 Å². The summed E-state index contributed by atoms with van der Waals surface area (Å²) < 4.78 is 25.0. The lowest BCUT2D eigenvalue weighted by atomic mass is 10.1. The van der Waals surface area contributed by atoms with Crippen LogP contribution in [0.15, 0.2) is 24.3 Å². The molecule has 1 aliphatic heterocycles. The zero-order chi connectivity index (χ0) is 17.0. The van der Waals surface area contributed by atoms with Crippen LogP contribution in [-0.4, -0.2) is 55.5 Å². The van der Waals surface area contributed by atoms with Crippen molar-refractivity contribution in [2.75, 3.05) is 31.9 Å². The molecule has 0 N–H and O–H groups in total. The fraction of sp³-hybridized carbons (Fsp3) is 0.438. The molecular formula is C16H21ClN2O3S. The van der Waals surface area contributed by atoms with Crippen molar-refractivity contribution in [2.45, 2.75) is 13.8 Å². The molecule has 0 saturated carbocycles. The van der Waals surface area contributed by atoms with Crippen LogP contribution in [0.4, 0.5) is 0 Å². The van der Waals surface area contributed by atoms with Gasteiger partial charge in [-0.1, -0.05) is 23.7 Å². The number of hydrogen-bond donors (Lipinski definition) is 0. The largest absolute Gasteiger partial charge is 0.337 e. The second kappa shape index (κ2) is 7.47. The molecule has 0 radical (unpaired) electrons. The number of amides is 1. The number of halogens is 1. The van der Waals surface area contributed by atoms with Crippen LogP contribution >= 0.6 is 11.6 Å². The van der Waals surface area contributed by atoms with Crippen molar-refractivity contribution < 1.29 is 13.2 Å². The molecule has 126 valence electrons. The van der Waals surface area contributed by atoms with Gasteiger partial charge in [-0.2, -0.15) is 4.31 Å². The van der Waals surface area contributed by atoms with E-state index in [1.54, 1.807) is 17.9 Å². The highest BCUT2D eigenvalue weighted by Gasteiger charge is 2.26. The van der Waals surface area contributed by atoms with Gasteiger partial charge in [0.25, 0.3) is 0 Å². The number of nitrogens with zero attached hydrogens (tertiary/aromatic N) is 2. The minimum atomic E-state index is -3.17. The molecule has 1 aromatic carbocycles. The number of hydrogen-bond acceptors (Lipinski definition) is 3. The smallest absolute Gasteiger partial charge is 0.246 e. The van der Waals surface area contributed by atoms with Gasteiger partial charge in [0, 0.05) is 37.3 Å². The van der Waals surface area contributed by atoms with Gasteiger partial charge >= 0.3 is 0 Å². The standard InChI is InChI=1S/C16H21ClN2O3S/c1-3-23(21,22)19-10-8-18(9-11-19)16(20)7-6-14-5-4-13(2)15(17)12-14/h4-7,12H,3,8-11H2,1-2H3/b7-6+. The summed E-state index contributed by atoms with van der Waals surface area (Å²) in [6.07, 6.45) is 3.23. The Hall–Kier alpha value is -1.37. The van der Waals surface area contributed by atoms with Gasteiger partial charge < -0.3 is 4.90 Å². The van der Waals surface area contributed by atoms with Crippen LogP contribution in [0.25, 0.3) is 6.08 Å². The summed E-state index contributed by atoms with van der Waals surface area (Å²) in [6.45, 7) is 5.08. The zero-order valence-electron chi connectivity index (χ0n) is 13.3. The van der Waals surface area contributed by atoms with Crippen LogP contribution in [0.5, 0.6) is 0 Å². The van der Waals surface area contributed by atoms with E-state index in [4.69, 9.17) is 11.6 Å². The molecule has 2 rings (SSSR count). The summed E-state index contributed by atoms with van der Waals surface area (Å²) >= 11 is 6.06. The lowest BCUT2D eigenvalue weighted by Crippen LogP contribution is -2.50. The Morgan fingerprint density at radius 1 is 1.26 bits per heavy atom. The lowest BCUT2D eigenvalue weighted by molar-refractivity contribution is -0.127.